The van der Waals surface area contributed by atoms with Gasteiger partial charge in [-0.25, -0.2) is 4.79 Å². The highest BCUT2D eigenvalue weighted by Gasteiger charge is 2.29. The highest BCUT2D eigenvalue weighted by atomic mass is 16.4. The molecule has 0 bridgehead atoms. The normalized spacial score (nSPS) is 25.2. The molecule has 1 aromatic carbocycles. The van der Waals surface area contributed by atoms with Crippen molar-refractivity contribution in [3.63, 3.8) is 0 Å². The predicted molar refractivity (Wildman–Crippen MR) is 134 cm³/mol. The van der Waals surface area contributed by atoms with E-state index in [1.807, 2.05) is 28.9 Å². The summed E-state index contributed by atoms with van der Waals surface area (Å²) in [7, 11) is 0. The van der Waals surface area contributed by atoms with Crippen LogP contribution in [-0.4, -0.2) is 70.5 Å². The van der Waals surface area contributed by atoms with Crippen molar-refractivity contribution >= 4 is 34.5 Å². The predicted octanol–water partition coefficient (Wildman–Crippen LogP) is -0.207. The number of aliphatic hydroxyl groups excluding tert-OH is 1. The quantitative estimate of drug-likeness (QED) is 0.309. The Morgan fingerprint density at radius 3 is 2.23 bits per heavy atom. The summed E-state index contributed by atoms with van der Waals surface area (Å²) in [6, 6.07) is 6.57. The maximum Gasteiger partial charge on any atom is 0.336 e. The molecule has 0 saturated carbocycles. The average Bonchev–Trinajstić information content (AvgIpc) is 2.77. The van der Waals surface area contributed by atoms with Crippen molar-refractivity contribution in [2.75, 3.05) is 41.3 Å². The molecule has 2 saturated heterocycles. The van der Waals surface area contributed by atoms with Crippen LogP contribution >= 0.6 is 0 Å². The van der Waals surface area contributed by atoms with Gasteiger partial charge in [-0.3, -0.25) is 0 Å². The summed E-state index contributed by atoms with van der Waals surface area (Å²) in [4.78, 5) is 29.6. The SMILES string of the molecule is Cc1cc(=O)oc2cc(Nc3nc(N4C[C@H](N)C[C@H](N)C4)nc(N4C[C@H](N)C[C@H](O)C4)n3)ccc12. The first-order valence-electron chi connectivity index (χ1n) is 11.8. The fourth-order valence-corrected chi connectivity index (χ4v) is 4.84. The zero-order valence-corrected chi connectivity index (χ0v) is 19.6. The molecule has 0 unspecified atom stereocenters. The number of rotatable bonds is 4. The number of aromatic nitrogens is 3. The second kappa shape index (κ2) is 9.38. The summed E-state index contributed by atoms with van der Waals surface area (Å²) in [5.41, 5.74) is 20.1. The number of hydrogen-bond acceptors (Lipinski definition) is 12. The van der Waals surface area contributed by atoms with E-state index in [0.29, 0.717) is 61.7 Å². The molecule has 2 aliphatic heterocycles. The molecule has 0 amide bonds. The second-order valence-corrected chi connectivity index (χ2v) is 9.56. The van der Waals surface area contributed by atoms with Crippen LogP contribution < -0.4 is 37.9 Å². The third kappa shape index (κ3) is 5.20. The van der Waals surface area contributed by atoms with Gasteiger partial charge in [0.1, 0.15) is 5.58 Å². The molecule has 2 fully saturated rings. The number of aliphatic hydroxyl groups is 1. The Bertz CT molecular complexity index is 1220. The Kier molecular flexibility index (Phi) is 6.28. The molecule has 0 radical (unpaired) electrons. The number of nitrogens with zero attached hydrogens (tertiary/aromatic N) is 5. The third-order valence-electron chi connectivity index (χ3n) is 6.36. The second-order valence-electron chi connectivity index (χ2n) is 9.56. The van der Waals surface area contributed by atoms with Crippen LogP contribution in [0.4, 0.5) is 23.5 Å². The Balaban J connectivity index is 1.51. The number of anilines is 4. The maximum absolute atomic E-state index is 11.8. The van der Waals surface area contributed by atoms with E-state index in [1.54, 1.807) is 6.07 Å². The number of hydrogen-bond donors (Lipinski definition) is 5. The van der Waals surface area contributed by atoms with E-state index in [1.165, 1.54) is 6.07 Å². The Morgan fingerprint density at radius 1 is 0.943 bits per heavy atom. The van der Waals surface area contributed by atoms with Gasteiger partial charge in [0.05, 0.1) is 6.10 Å². The number of aryl methyl sites for hydroxylation is 1. The van der Waals surface area contributed by atoms with Crippen LogP contribution in [-0.2, 0) is 0 Å². The molecule has 5 rings (SSSR count). The minimum Gasteiger partial charge on any atom is -0.423 e. The fraction of sp³-hybridized carbons (Fsp3) is 0.478. The zero-order valence-electron chi connectivity index (χ0n) is 19.6. The van der Waals surface area contributed by atoms with Crippen molar-refractivity contribution in [3.8, 4) is 0 Å². The summed E-state index contributed by atoms with van der Waals surface area (Å²) in [6.07, 6.45) is 0.685. The highest BCUT2D eigenvalue weighted by molar-refractivity contribution is 5.83. The van der Waals surface area contributed by atoms with Crippen LogP contribution in [0.2, 0.25) is 0 Å². The fourth-order valence-electron chi connectivity index (χ4n) is 4.84. The van der Waals surface area contributed by atoms with Gasteiger partial charge in [-0.1, -0.05) is 0 Å². The molecule has 3 aromatic rings. The smallest absolute Gasteiger partial charge is 0.336 e. The molecule has 2 aromatic heterocycles. The van der Waals surface area contributed by atoms with E-state index in [9.17, 15) is 9.90 Å². The van der Waals surface area contributed by atoms with Crippen molar-refractivity contribution in [3.05, 3.63) is 40.2 Å². The lowest BCUT2D eigenvalue weighted by molar-refractivity contribution is 0.144. The van der Waals surface area contributed by atoms with Gasteiger partial charge in [0.2, 0.25) is 17.8 Å². The number of nitrogens with one attached hydrogen (secondary N) is 1. The molecule has 0 aliphatic carbocycles. The largest absolute Gasteiger partial charge is 0.423 e. The number of benzene rings is 1. The van der Waals surface area contributed by atoms with Gasteiger partial charge in [0.25, 0.3) is 0 Å². The number of β-amino-alcohol motifs (C(OH)–C–C–N with tert-alkyl or cyclic N) is 1. The molecular formula is C23H31N9O3. The molecule has 4 heterocycles. The summed E-state index contributed by atoms with van der Waals surface area (Å²) < 4.78 is 5.37. The van der Waals surface area contributed by atoms with Gasteiger partial charge in [-0.05, 0) is 37.5 Å². The van der Waals surface area contributed by atoms with Crippen LogP contribution in [0.5, 0.6) is 0 Å². The minimum absolute atomic E-state index is 0.0905. The van der Waals surface area contributed by atoms with Crippen molar-refractivity contribution in [2.24, 2.45) is 17.2 Å². The third-order valence-corrected chi connectivity index (χ3v) is 6.36. The molecule has 2 aliphatic rings. The van der Waals surface area contributed by atoms with Crippen molar-refractivity contribution < 1.29 is 9.52 Å². The van der Waals surface area contributed by atoms with E-state index >= 15 is 0 Å². The lowest BCUT2D eigenvalue weighted by Gasteiger charge is -2.36. The minimum atomic E-state index is -0.571. The molecule has 4 atom stereocenters. The van der Waals surface area contributed by atoms with Crippen LogP contribution in [0.25, 0.3) is 11.0 Å². The van der Waals surface area contributed by atoms with Crippen molar-refractivity contribution in [2.45, 2.75) is 44.0 Å². The first kappa shape index (κ1) is 23.4. The molecule has 186 valence electrons. The van der Waals surface area contributed by atoms with E-state index < -0.39 is 11.7 Å². The van der Waals surface area contributed by atoms with Gasteiger partial charge >= 0.3 is 5.63 Å². The first-order chi connectivity index (χ1) is 16.7. The van der Waals surface area contributed by atoms with Crippen LogP contribution in [0.1, 0.15) is 18.4 Å². The summed E-state index contributed by atoms with van der Waals surface area (Å²) in [5, 5.41) is 14.3. The lowest BCUT2D eigenvalue weighted by Crippen LogP contribution is -2.53. The number of fused-ring (bicyclic) bond motifs is 1. The van der Waals surface area contributed by atoms with E-state index in [4.69, 9.17) is 21.6 Å². The molecule has 8 N–H and O–H groups in total. The van der Waals surface area contributed by atoms with Crippen molar-refractivity contribution in [1.29, 1.82) is 0 Å². The number of nitrogens with two attached hydrogens (primary N) is 3. The molecular weight excluding hydrogens is 450 g/mol. The topological polar surface area (TPSA) is 186 Å². The van der Waals surface area contributed by atoms with E-state index in [2.05, 4.69) is 20.3 Å². The van der Waals surface area contributed by atoms with Crippen LogP contribution in [0.15, 0.2) is 33.5 Å². The Morgan fingerprint density at radius 2 is 1.57 bits per heavy atom. The van der Waals surface area contributed by atoms with Gasteiger partial charge < -0.3 is 41.8 Å². The highest BCUT2D eigenvalue weighted by Crippen LogP contribution is 2.26. The summed E-state index contributed by atoms with van der Waals surface area (Å²) >= 11 is 0. The summed E-state index contributed by atoms with van der Waals surface area (Å²) in [5.74, 6) is 1.16. The van der Waals surface area contributed by atoms with Gasteiger partial charge in [-0.15, -0.1) is 0 Å². The molecule has 35 heavy (non-hydrogen) atoms. The van der Waals surface area contributed by atoms with E-state index in [0.717, 1.165) is 17.4 Å². The van der Waals surface area contributed by atoms with Gasteiger partial charge in [-0.2, -0.15) is 15.0 Å². The molecule has 12 heteroatoms. The average molecular weight is 482 g/mol. The molecule has 0 spiro atoms. The summed E-state index contributed by atoms with van der Waals surface area (Å²) in [6.45, 7) is 3.89. The monoisotopic (exact) mass is 481 g/mol. The maximum atomic E-state index is 11.8. The van der Waals surface area contributed by atoms with Gasteiger partial charge in [0, 0.05) is 67.5 Å². The Labute approximate surface area is 202 Å². The van der Waals surface area contributed by atoms with Gasteiger partial charge in [0.15, 0.2) is 0 Å². The van der Waals surface area contributed by atoms with Crippen LogP contribution in [0.3, 0.4) is 0 Å². The van der Waals surface area contributed by atoms with Crippen LogP contribution in [0, 0.1) is 6.92 Å². The van der Waals surface area contributed by atoms with Crippen molar-refractivity contribution in [1.82, 2.24) is 15.0 Å². The van der Waals surface area contributed by atoms with E-state index in [-0.39, 0.29) is 18.1 Å². The zero-order chi connectivity index (χ0) is 24.7. The lowest BCUT2D eigenvalue weighted by atomic mass is 10.0. The standard InChI is InChI=1S/C23H31N9O3/c1-12-4-20(34)35-19-7-16(2-3-18(12)19)27-21-28-22(31-8-13(24)5-14(25)9-31)30-23(29-21)32-10-15(26)6-17(33)11-32/h2-4,7,13-15,17,33H,5-6,8-11,24-26H2,1H3,(H,27,28,29,30)/t13-,14+,15-,17+/m1/s1. The Hall–Kier alpha value is -3.32. The molecule has 12 nitrogen and oxygen atoms in total. The number of piperidine rings is 2. The first-order valence-corrected chi connectivity index (χ1v) is 11.8.